The molecule has 1 fully saturated rings. The molecule has 1 aromatic carbocycles. The maximum absolute atomic E-state index is 13.0. The molecule has 2 aromatic rings. The van der Waals surface area contributed by atoms with Gasteiger partial charge in [0.15, 0.2) is 5.13 Å². The Morgan fingerprint density at radius 1 is 1.21 bits per heavy atom. The fourth-order valence-electron chi connectivity index (χ4n) is 4.53. The van der Waals surface area contributed by atoms with E-state index in [2.05, 4.69) is 20.0 Å². The summed E-state index contributed by atoms with van der Waals surface area (Å²) >= 11 is 1.35. The number of fused-ring (bicyclic) bond motifs is 1. The zero-order valence-electron chi connectivity index (χ0n) is 19.7. The van der Waals surface area contributed by atoms with Gasteiger partial charge in [-0.15, -0.1) is 0 Å². The van der Waals surface area contributed by atoms with E-state index in [1.165, 1.54) is 11.3 Å². The lowest BCUT2D eigenvalue weighted by Gasteiger charge is -2.44. The molecule has 0 bridgehead atoms. The Morgan fingerprint density at radius 2 is 1.88 bits per heavy atom. The minimum atomic E-state index is -3.64. The summed E-state index contributed by atoms with van der Waals surface area (Å²) in [5.74, 6) is 0.136. The Morgan fingerprint density at radius 3 is 2.52 bits per heavy atom. The zero-order valence-corrected chi connectivity index (χ0v) is 21.4. The van der Waals surface area contributed by atoms with Gasteiger partial charge in [0.05, 0.1) is 21.8 Å². The summed E-state index contributed by atoms with van der Waals surface area (Å²) in [4.78, 5) is 22.8. The average molecular weight is 491 g/mol. The van der Waals surface area contributed by atoms with Gasteiger partial charge in [0.25, 0.3) is 10.0 Å². The zero-order chi connectivity index (χ0) is 24.2. The highest BCUT2D eigenvalue weighted by molar-refractivity contribution is 7.90. The SMILES string of the molecule is CC(C)C1=Nc2cc(-c3cnc(NC(=O)C4CC(C)(C)OC(C)(C)C4)s3)ccc2S(=O)(=O)N1. The molecule has 8 nitrogen and oxygen atoms in total. The first-order valence-electron chi connectivity index (χ1n) is 11.0. The Kier molecular flexibility index (Phi) is 5.91. The molecular weight excluding hydrogens is 460 g/mol. The second-order valence-electron chi connectivity index (χ2n) is 10.2. The number of benzene rings is 1. The van der Waals surface area contributed by atoms with Crippen molar-refractivity contribution in [1.82, 2.24) is 9.71 Å². The van der Waals surface area contributed by atoms with E-state index in [1.807, 2.05) is 41.5 Å². The van der Waals surface area contributed by atoms with Crippen molar-refractivity contribution in [1.29, 1.82) is 0 Å². The van der Waals surface area contributed by atoms with Gasteiger partial charge in [-0.1, -0.05) is 31.3 Å². The Balaban J connectivity index is 1.55. The summed E-state index contributed by atoms with van der Waals surface area (Å²) in [5.41, 5.74) is 0.460. The number of amidine groups is 1. The number of carbonyl (C=O) groups is 1. The van der Waals surface area contributed by atoms with Crippen LogP contribution in [-0.2, 0) is 19.6 Å². The van der Waals surface area contributed by atoms with E-state index in [4.69, 9.17) is 4.74 Å². The fraction of sp³-hybridized carbons (Fsp3) is 0.522. The van der Waals surface area contributed by atoms with Gasteiger partial charge in [-0.3, -0.25) is 9.52 Å². The lowest BCUT2D eigenvalue weighted by Crippen LogP contribution is -2.48. The van der Waals surface area contributed by atoms with Crippen LogP contribution in [-0.4, -0.2) is 36.3 Å². The van der Waals surface area contributed by atoms with E-state index in [1.54, 1.807) is 24.4 Å². The number of amides is 1. The molecule has 0 aliphatic carbocycles. The summed E-state index contributed by atoms with van der Waals surface area (Å²) in [6, 6.07) is 5.03. The number of ether oxygens (including phenoxy) is 1. The van der Waals surface area contributed by atoms with Crippen LogP contribution in [0.5, 0.6) is 0 Å². The third-order valence-corrected chi connectivity index (χ3v) is 8.06. The molecular formula is C23H30N4O4S2. The molecule has 33 heavy (non-hydrogen) atoms. The third-order valence-electron chi connectivity index (χ3n) is 5.69. The van der Waals surface area contributed by atoms with Crippen molar-refractivity contribution in [2.75, 3.05) is 5.32 Å². The number of rotatable bonds is 4. The number of sulfonamides is 1. The van der Waals surface area contributed by atoms with Crippen LogP contribution in [0.1, 0.15) is 54.4 Å². The number of nitrogens with one attached hydrogen (secondary N) is 2. The van der Waals surface area contributed by atoms with Crippen molar-refractivity contribution in [3.63, 3.8) is 0 Å². The van der Waals surface area contributed by atoms with Gasteiger partial charge in [0.2, 0.25) is 5.91 Å². The Bertz CT molecular complexity index is 1210. The molecule has 0 saturated carbocycles. The van der Waals surface area contributed by atoms with Crippen molar-refractivity contribution in [2.24, 2.45) is 16.8 Å². The van der Waals surface area contributed by atoms with Gasteiger partial charge >= 0.3 is 0 Å². The van der Waals surface area contributed by atoms with Crippen LogP contribution in [0.2, 0.25) is 0 Å². The molecule has 3 heterocycles. The van der Waals surface area contributed by atoms with Crippen LogP contribution in [0.4, 0.5) is 10.8 Å². The van der Waals surface area contributed by atoms with Crippen LogP contribution < -0.4 is 10.0 Å². The highest BCUT2D eigenvalue weighted by Gasteiger charge is 2.42. The monoisotopic (exact) mass is 490 g/mol. The molecule has 1 saturated heterocycles. The molecule has 2 aliphatic heterocycles. The second kappa shape index (κ2) is 8.18. The van der Waals surface area contributed by atoms with Crippen molar-refractivity contribution < 1.29 is 17.9 Å². The smallest absolute Gasteiger partial charge is 0.264 e. The van der Waals surface area contributed by atoms with Gasteiger partial charge in [-0.25, -0.2) is 18.4 Å². The van der Waals surface area contributed by atoms with Crippen molar-refractivity contribution in [3.8, 4) is 10.4 Å². The number of thiazole rings is 1. The van der Waals surface area contributed by atoms with Crippen LogP contribution >= 0.6 is 11.3 Å². The standard InChI is InChI=1S/C23H30N4O4S2/c1-13(2)19-25-16-9-14(7-8-18(16)33(29,30)27-19)17-12-24-21(32-17)26-20(28)15-10-22(3,4)31-23(5,6)11-15/h7-9,12-13,15H,10-11H2,1-6H3,(H,25,27)(H,24,26,28). The number of nitrogens with zero attached hydrogens (tertiary/aromatic N) is 2. The molecule has 0 atom stereocenters. The van der Waals surface area contributed by atoms with E-state index in [0.29, 0.717) is 29.5 Å². The first-order valence-corrected chi connectivity index (χ1v) is 13.3. The first-order chi connectivity index (χ1) is 15.2. The molecule has 2 aliphatic rings. The fourth-order valence-corrected chi connectivity index (χ4v) is 6.64. The summed E-state index contributed by atoms with van der Waals surface area (Å²) < 4.78 is 33.7. The predicted octanol–water partition coefficient (Wildman–Crippen LogP) is 4.71. The Labute approximate surface area is 198 Å². The molecule has 178 valence electrons. The third kappa shape index (κ3) is 5.12. The first kappa shape index (κ1) is 23.8. The van der Waals surface area contributed by atoms with Crippen LogP contribution in [0.25, 0.3) is 10.4 Å². The minimum absolute atomic E-state index is 0.0538. The predicted molar refractivity (Wildman–Crippen MR) is 130 cm³/mol. The van der Waals surface area contributed by atoms with Crippen molar-refractivity contribution in [3.05, 3.63) is 24.4 Å². The van der Waals surface area contributed by atoms with Crippen LogP contribution in [0.3, 0.4) is 0 Å². The minimum Gasteiger partial charge on any atom is -0.370 e. The average Bonchev–Trinajstić information content (AvgIpc) is 3.13. The number of aromatic nitrogens is 1. The number of hydrogen-bond donors (Lipinski definition) is 2. The van der Waals surface area contributed by atoms with Gasteiger partial charge in [-0.2, -0.15) is 0 Å². The molecule has 10 heteroatoms. The van der Waals surface area contributed by atoms with Crippen molar-refractivity contribution in [2.45, 2.75) is 70.5 Å². The number of carbonyl (C=O) groups excluding carboxylic acids is 1. The molecule has 2 N–H and O–H groups in total. The van der Waals surface area contributed by atoms with Crippen molar-refractivity contribution >= 4 is 43.9 Å². The van der Waals surface area contributed by atoms with Gasteiger partial charge in [-0.05, 0) is 58.2 Å². The van der Waals surface area contributed by atoms with Gasteiger partial charge in [0.1, 0.15) is 10.7 Å². The van der Waals surface area contributed by atoms with Gasteiger partial charge < -0.3 is 10.1 Å². The summed E-state index contributed by atoms with van der Waals surface area (Å²) in [6.07, 6.45) is 2.97. The summed E-state index contributed by atoms with van der Waals surface area (Å²) in [5, 5.41) is 3.46. The van der Waals surface area contributed by atoms with Crippen LogP contribution in [0.15, 0.2) is 34.3 Å². The van der Waals surface area contributed by atoms with Crippen LogP contribution in [0, 0.1) is 11.8 Å². The Hall–Kier alpha value is -2.30. The molecule has 1 amide bonds. The normalized spacial score (nSPS) is 21.1. The van der Waals surface area contributed by atoms with E-state index in [9.17, 15) is 13.2 Å². The topological polar surface area (TPSA) is 110 Å². The summed E-state index contributed by atoms with van der Waals surface area (Å²) in [6.45, 7) is 11.8. The van der Waals surface area contributed by atoms with E-state index >= 15 is 0 Å². The highest BCUT2D eigenvalue weighted by atomic mass is 32.2. The largest absolute Gasteiger partial charge is 0.370 e. The summed E-state index contributed by atoms with van der Waals surface area (Å²) in [7, 11) is -3.64. The number of anilines is 1. The lowest BCUT2D eigenvalue weighted by molar-refractivity contribution is -0.176. The molecule has 4 rings (SSSR count). The molecule has 0 unspecified atom stereocenters. The van der Waals surface area contributed by atoms with E-state index in [0.717, 1.165) is 10.4 Å². The molecule has 1 aromatic heterocycles. The lowest BCUT2D eigenvalue weighted by atomic mass is 9.80. The highest BCUT2D eigenvalue weighted by Crippen LogP contribution is 2.40. The number of aliphatic imine (C=N–C) groups is 1. The maximum atomic E-state index is 13.0. The quantitative estimate of drug-likeness (QED) is 0.645. The maximum Gasteiger partial charge on any atom is 0.264 e. The number of hydrogen-bond acceptors (Lipinski definition) is 7. The van der Waals surface area contributed by atoms with E-state index in [-0.39, 0.29) is 33.8 Å². The molecule has 0 spiro atoms. The molecule has 0 radical (unpaired) electrons. The van der Waals surface area contributed by atoms with E-state index < -0.39 is 10.0 Å². The second-order valence-corrected chi connectivity index (χ2v) is 12.9. The van der Waals surface area contributed by atoms with Gasteiger partial charge in [0, 0.05) is 18.0 Å².